The number of hydrogen-bond donors (Lipinski definition) is 0. The van der Waals surface area contributed by atoms with E-state index in [0.29, 0.717) is 72.1 Å². The molecule has 100 heavy (non-hydrogen) atoms. The summed E-state index contributed by atoms with van der Waals surface area (Å²) in [5, 5.41) is 0. The lowest BCUT2D eigenvalue weighted by atomic mass is 9.97. The molecule has 0 N–H and O–H groups in total. The lowest BCUT2D eigenvalue weighted by Crippen LogP contribution is -2.34. The lowest BCUT2D eigenvalue weighted by Gasteiger charge is -2.29. The van der Waals surface area contributed by atoms with E-state index in [0.717, 1.165) is 185 Å². The monoisotopic (exact) mass is 1470 g/mol. The molecule has 6 aromatic carbocycles. The first-order valence-electron chi connectivity index (χ1n) is 37.2. The Kier molecular flexibility index (Phi) is 30.2. The summed E-state index contributed by atoms with van der Waals surface area (Å²) in [6.45, 7) is 31.6. The van der Waals surface area contributed by atoms with Crippen LogP contribution < -0.4 is 0 Å². The zero-order valence-electron chi connectivity index (χ0n) is 61.4. The van der Waals surface area contributed by atoms with Gasteiger partial charge in [-0.3, -0.25) is 19.2 Å². The van der Waals surface area contributed by atoms with Crippen LogP contribution in [-0.2, 0) is 19.2 Å². The number of rotatable bonds is 33. The second-order valence-electron chi connectivity index (χ2n) is 27.3. The molecule has 4 atom stereocenters. The smallest absolute Gasteiger partial charge is 0.261 e. The molecule has 4 heterocycles. The van der Waals surface area contributed by atoms with Gasteiger partial charge >= 0.3 is 0 Å². The normalized spacial score (nSPS) is 15.7. The van der Waals surface area contributed by atoms with Crippen LogP contribution in [0.15, 0.2) is 196 Å². The maximum Gasteiger partial charge on any atom is 0.261 e. The molecule has 0 saturated heterocycles. The summed E-state index contributed by atoms with van der Waals surface area (Å²) in [4.78, 5) is 66.2. The fourth-order valence-corrected chi connectivity index (χ4v) is 14.5. The van der Waals surface area contributed by atoms with Crippen LogP contribution in [0.1, 0.15) is 221 Å². The summed E-state index contributed by atoms with van der Waals surface area (Å²) in [7, 11) is 0. The minimum atomic E-state index is -0.0433. The molecule has 0 bridgehead atoms. The molecule has 4 aliphatic rings. The van der Waals surface area contributed by atoms with Crippen molar-refractivity contribution >= 4 is 109 Å². The average Bonchev–Trinajstić information content (AvgIpc) is 1.57. The van der Waals surface area contributed by atoms with Crippen molar-refractivity contribution in [3.05, 3.63) is 252 Å². The van der Waals surface area contributed by atoms with Gasteiger partial charge in [0.05, 0.1) is 45.1 Å². The Morgan fingerprint density at radius 1 is 0.340 bits per heavy atom. The molecule has 10 heteroatoms. The Hall–Kier alpha value is -7.92. The van der Waals surface area contributed by atoms with Gasteiger partial charge in [-0.25, -0.2) is 0 Å². The van der Waals surface area contributed by atoms with Crippen LogP contribution in [0.2, 0.25) is 0 Å². The first kappa shape index (κ1) is 77.8. The van der Waals surface area contributed by atoms with Gasteiger partial charge in [-0.05, 0) is 138 Å². The molecule has 0 aliphatic carbocycles. The van der Waals surface area contributed by atoms with Crippen molar-refractivity contribution in [1.82, 2.24) is 19.6 Å². The van der Waals surface area contributed by atoms with Crippen LogP contribution >= 0.6 is 31.9 Å². The molecule has 8 nitrogen and oxygen atoms in total. The highest BCUT2D eigenvalue weighted by Gasteiger charge is 2.51. The summed E-state index contributed by atoms with van der Waals surface area (Å²) in [5.41, 5.74) is 15.9. The number of fused-ring (bicyclic) bond motifs is 2. The third kappa shape index (κ3) is 19.4. The number of aryl methyl sites for hydroxylation is 1. The molecule has 0 fully saturated rings. The minimum Gasteiger partial charge on any atom is -0.307 e. The van der Waals surface area contributed by atoms with Crippen LogP contribution in [0.3, 0.4) is 0 Å². The quantitative estimate of drug-likeness (QED) is 0.0385. The second-order valence-corrected chi connectivity index (χ2v) is 29.1. The van der Waals surface area contributed by atoms with Crippen molar-refractivity contribution < 1.29 is 19.2 Å². The van der Waals surface area contributed by atoms with E-state index in [1.807, 2.05) is 118 Å². The summed E-state index contributed by atoms with van der Waals surface area (Å²) in [6, 6.07) is 49.3. The minimum absolute atomic E-state index is 0.0386. The number of carbonyl (C=O) groups excluding carboxylic acids is 4. The summed E-state index contributed by atoms with van der Waals surface area (Å²) >= 11 is 7.11. The van der Waals surface area contributed by atoms with Crippen LogP contribution in [-0.4, -0.2) is 69.4 Å². The van der Waals surface area contributed by atoms with Crippen molar-refractivity contribution in [3.63, 3.8) is 0 Å². The Labute approximate surface area is 616 Å². The highest BCUT2D eigenvalue weighted by Crippen LogP contribution is 2.50. The van der Waals surface area contributed by atoms with E-state index >= 15 is 0 Å². The highest BCUT2D eigenvalue weighted by atomic mass is 79.9. The van der Waals surface area contributed by atoms with E-state index < -0.39 is 0 Å². The maximum absolute atomic E-state index is 14.8. The number of carbonyl (C=O) groups is 4. The number of nitrogens with zero attached hydrogens (tertiary/aromatic N) is 4. The first-order chi connectivity index (χ1) is 48.5. The molecule has 526 valence electrons. The van der Waals surface area contributed by atoms with Crippen molar-refractivity contribution in [1.29, 1.82) is 0 Å². The fourth-order valence-electron chi connectivity index (χ4n) is 13.9. The number of hydrogen-bond acceptors (Lipinski definition) is 4. The summed E-state index contributed by atoms with van der Waals surface area (Å²) < 4.78 is 1.94. The van der Waals surface area contributed by atoms with Crippen molar-refractivity contribution in [3.8, 4) is 0 Å². The number of allylic oxidation sites excluding steroid dienone is 1. The van der Waals surface area contributed by atoms with Crippen molar-refractivity contribution in [2.75, 3.05) is 26.2 Å². The predicted octanol–water partition coefficient (Wildman–Crippen LogP) is 23.9. The summed E-state index contributed by atoms with van der Waals surface area (Å²) in [6.07, 6.45) is 29.4. The SMILES string of the molecule is C/C=C/c1ccc(/C=C/c2ccc(C3=C4C(=O)N(CC(CC)CCCC)C(c5ccc(C)cc5)=C4C(=O)N3CC(CC)CCCC)cc2)cc1.C=Cc1ccc(C=C)cc1.CCCCC(CC)CN1C(=O)C2=C(c3ccc(Br)cc3)N(CC(CC)CCCC)C(=O)C2=C1c1ccc(Br)cc1. The van der Waals surface area contributed by atoms with E-state index in [2.05, 4.69) is 198 Å². The third-order valence-electron chi connectivity index (χ3n) is 20.2. The van der Waals surface area contributed by atoms with Gasteiger partial charge in [0.15, 0.2) is 0 Å². The standard InChI is InChI=1S/C46H56N2O2.C34H42Br2N2O2.C10H10/c1-7-12-15-34(10-4)31-47-43(39-27-17-33(6)18-28-39)41-42(46(47)50)44(48(45(41)49)32-35(11-5)16-13-8-2)40-29-25-38(26-30-40)24-23-37-21-19-36(14-9-3)20-22-37;1-5-9-11-23(7-3)21-37-31(25-13-17-27(35)18-14-25)29-30(33(37)39)32(26-15-19-28(36)20-16-26)38(34(29)40)22-24(8-4)12-10-6-2;1-3-9-5-7-10(4-2)8-6-9/h9,14,17-30,34-35H,7-8,10-13,15-16,31-32H2,1-6H3;13-20,23-24H,5-12,21-22H2,1-4H3;3-8H,1-2H2/b14-9+,24-23+;;. The van der Waals surface area contributed by atoms with Crippen LogP contribution in [0.5, 0.6) is 0 Å². The van der Waals surface area contributed by atoms with Crippen LogP contribution in [0, 0.1) is 30.6 Å². The third-order valence-corrected chi connectivity index (χ3v) is 21.3. The molecule has 4 aliphatic heterocycles. The van der Waals surface area contributed by atoms with Crippen molar-refractivity contribution in [2.45, 2.75) is 172 Å². The van der Waals surface area contributed by atoms with E-state index in [1.54, 1.807) is 0 Å². The lowest BCUT2D eigenvalue weighted by molar-refractivity contribution is -0.124. The van der Waals surface area contributed by atoms with Crippen LogP contribution in [0.4, 0.5) is 0 Å². The Balaban J connectivity index is 0.000000227. The average molecular weight is 1470 g/mol. The summed E-state index contributed by atoms with van der Waals surface area (Å²) in [5.74, 6) is 1.34. The number of halogens is 2. The number of unbranched alkanes of at least 4 members (excludes halogenated alkanes) is 4. The predicted molar refractivity (Wildman–Crippen MR) is 430 cm³/mol. The molecule has 0 spiro atoms. The molecule has 4 unspecified atom stereocenters. The van der Waals surface area contributed by atoms with E-state index in [1.165, 1.54) is 5.56 Å². The van der Waals surface area contributed by atoms with Gasteiger partial charge in [0.25, 0.3) is 23.6 Å². The highest BCUT2D eigenvalue weighted by molar-refractivity contribution is 9.10. The molecular weight excluding hydrogens is 1360 g/mol. The van der Waals surface area contributed by atoms with Gasteiger partial charge in [0.1, 0.15) is 0 Å². The van der Waals surface area contributed by atoms with Crippen molar-refractivity contribution in [2.24, 2.45) is 23.7 Å². The van der Waals surface area contributed by atoms with Gasteiger partial charge in [0.2, 0.25) is 0 Å². The zero-order valence-corrected chi connectivity index (χ0v) is 64.5. The molecule has 0 aromatic heterocycles. The Morgan fingerprint density at radius 3 is 0.810 bits per heavy atom. The molecule has 0 radical (unpaired) electrons. The maximum atomic E-state index is 14.8. The first-order valence-corrected chi connectivity index (χ1v) is 38.8. The second kappa shape index (κ2) is 38.8. The van der Waals surface area contributed by atoms with E-state index in [9.17, 15) is 19.2 Å². The molecule has 10 rings (SSSR count). The van der Waals surface area contributed by atoms with Gasteiger partial charge in [-0.2, -0.15) is 0 Å². The molecule has 4 amide bonds. The fraction of sp³-hybridized carbons (Fsp3) is 0.378. The molecule has 6 aromatic rings. The van der Waals surface area contributed by atoms with Gasteiger partial charge < -0.3 is 19.6 Å². The largest absolute Gasteiger partial charge is 0.307 e. The Morgan fingerprint density at radius 2 is 0.570 bits per heavy atom. The Bertz CT molecular complexity index is 3820. The van der Waals surface area contributed by atoms with Gasteiger partial charge in [-0.1, -0.05) is 341 Å². The topological polar surface area (TPSA) is 81.2 Å². The molecule has 0 saturated carbocycles. The van der Waals surface area contributed by atoms with Gasteiger partial charge in [0, 0.05) is 35.1 Å². The zero-order chi connectivity index (χ0) is 71.8. The molecular formula is C90H108Br2N4O4. The van der Waals surface area contributed by atoms with Gasteiger partial charge in [-0.15, -0.1) is 0 Å². The van der Waals surface area contributed by atoms with E-state index in [-0.39, 0.29) is 23.6 Å². The number of amides is 4. The van der Waals surface area contributed by atoms with Crippen LogP contribution in [0.25, 0.3) is 53.2 Å². The number of benzene rings is 6. The van der Waals surface area contributed by atoms with E-state index in [4.69, 9.17) is 0 Å².